The van der Waals surface area contributed by atoms with Crippen LogP contribution in [0.15, 0.2) is 35.2 Å². The van der Waals surface area contributed by atoms with Crippen molar-refractivity contribution in [2.45, 2.75) is 36.3 Å². The molecule has 1 amide bonds. The van der Waals surface area contributed by atoms with Crippen LogP contribution in [0.2, 0.25) is 10.0 Å². The molecule has 0 aromatic heterocycles. The lowest BCUT2D eigenvalue weighted by molar-refractivity contribution is 0.102. The van der Waals surface area contributed by atoms with Crippen LogP contribution in [0.25, 0.3) is 0 Å². The third-order valence-electron chi connectivity index (χ3n) is 4.51. The van der Waals surface area contributed by atoms with E-state index in [1.54, 1.807) is 0 Å². The number of sulfonamides is 1. The molecule has 0 heterocycles. The van der Waals surface area contributed by atoms with Gasteiger partial charge >= 0.3 is 0 Å². The van der Waals surface area contributed by atoms with Gasteiger partial charge in [-0.3, -0.25) is 4.79 Å². The number of aliphatic hydroxyl groups excluding tert-OH is 1. The Morgan fingerprint density at radius 1 is 1.10 bits per heavy atom. The molecule has 29 heavy (non-hydrogen) atoms. The van der Waals surface area contributed by atoms with Gasteiger partial charge in [0, 0.05) is 23.4 Å². The van der Waals surface area contributed by atoms with E-state index in [-0.39, 0.29) is 21.2 Å². The predicted molar refractivity (Wildman–Crippen MR) is 105 cm³/mol. The molecule has 0 spiro atoms. The Morgan fingerprint density at radius 3 is 2.45 bits per heavy atom. The van der Waals surface area contributed by atoms with Gasteiger partial charge in [0.2, 0.25) is 10.0 Å². The van der Waals surface area contributed by atoms with Crippen LogP contribution in [0, 0.1) is 11.6 Å². The van der Waals surface area contributed by atoms with Gasteiger partial charge in [0.25, 0.3) is 5.91 Å². The Labute approximate surface area is 175 Å². The Hall–Kier alpha value is -1.78. The van der Waals surface area contributed by atoms with E-state index in [1.807, 2.05) is 0 Å². The van der Waals surface area contributed by atoms with E-state index in [0.29, 0.717) is 19.3 Å². The zero-order valence-corrected chi connectivity index (χ0v) is 17.1. The SMILES string of the molecule is O=C(Nc1cc(F)c(F)c(Cl)c1)c1ccc(Cl)c(S(=O)(=O)NC2CCCC2O)c1. The molecule has 11 heteroatoms. The first-order valence-corrected chi connectivity index (χ1v) is 10.8. The number of benzene rings is 2. The summed E-state index contributed by atoms with van der Waals surface area (Å²) in [5.41, 5.74) is -0.187. The molecule has 1 aliphatic carbocycles. The van der Waals surface area contributed by atoms with Gasteiger partial charge in [-0.15, -0.1) is 0 Å². The molecular formula is C18H16Cl2F2N2O4S. The van der Waals surface area contributed by atoms with Crippen molar-refractivity contribution in [1.82, 2.24) is 4.72 Å². The molecule has 6 nitrogen and oxygen atoms in total. The van der Waals surface area contributed by atoms with E-state index < -0.39 is 44.7 Å². The Kier molecular flexibility index (Phi) is 6.45. The molecule has 0 bridgehead atoms. The van der Waals surface area contributed by atoms with Gasteiger partial charge in [-0.2, -0.15) is 0 Å². The molecule has 156 valence electrons. The normalized spacial score (nSPS) is 19.3. The summed E-state index contributed by atoms with van der Waals surface area (Å²) < 4.78 is 54.5. The van der Waals surface area contributed by atoms with Crippen LogP contribution in [0.1, 0.15) is 29.6 Å². The van der Waals surface area contributed by atoms with Crippen molar-refractivity contribution < 1.29 is 27.1 Å². The summed E-state index contributed by atoms with van der Waals surface area (Å²) in [6, 6.07) is 4.70. The third-order valence-corrected chi connectivity index (χ3v) is 6.76. The number of anilines is 1. The highest BCUT2D eigenvalue weighted by Gasteiger charge is 2.31. The monoisotopic (exact) mass is 464 g/mol. The fraction of sp³-hybridized carbons (Fsp3) is 0.278. The number of amides is 1. The van der Waals surface area contributed by atoms with Crippen molar-refractivity contribution in [3.63, 3.8) is 0 Å². The molecule has 0 saturated heterocycles. The summed E-state index contributed by atoms with van der Waals surface area (Å²) in [5, 5.41) is 11.5. The average Bonchev–Trinajstić information content (AvgIpc) is 3.03. The van der Waals surface area contributed by atoms with E-state index in [2.05, 4.69) is 10.0 Å². The van der Waals surface area contributed by atoms with Crippen molar-refractivity contribution in [3.05, 3.63) is 57.6 Å². The molecule has 2 atom stereocenters. The Bertz CT molecular complexity index is 1040. The number of rotatable bonds is 5. The molecule has 3 rings (SSSR count). The minimum atomic E-state index is -4.11. The van der Waals surface area contributed by atoms with Gasteiger partial charge in [-0.1, -0.05) is 23.2 Å². The molecule has 1 saturated carbocycles. The summed E-state index contributed by atoms with van der Waals surface area (Å²) in [4.78, 5) is 12.1. The van der Waals surface area contributed by atoms with Crippen LogP contribution >= 0.6 is 23.2 Å². The highest BCUT2D eigenvalue weighted by Crippen LogP contribution is 2.27. The second kappa shape index (κ2) is 8.53. The standard InChI is InChI=1S/C18H16Cl2F2N2O4S/c19-11-5-4-9(18(26)23-10-7-12(20)17(22)13(21)8-10)6-16(11)29(27,28)24-14-2-1-3-15(14)25/h4-8,14-15,24-25H,1-3H2,(H,23,26). The number of aliphatic hydroxyl groups is 1. The molecule has 2 unspecified atom stereocenters. The van der Waals surface area contributed by atoms with Gasteiger partial charge in [-0.25, -0.2) is 21.9 Å². The smallest absolute Gasteiger partial charge is 0.255 e. The number of carbonyl (C=O) groups is 1. The van der Waals surface area contributed by atoms with Gasteiger partial charge in [0.15, 0.2) is 11.6 Å². The first-order chi connectivity index (χ1) is 13.6. The van der Waals surface area contributed by atoms with Gasteiger partial charge in [0.05, 0.1) is 16.1 Å². The van der Waals surface area contributed by atoms with Crippen LogP contribution in [-0.2, 0) is 10.0 Å². The van der Waals surface area contributed by atoms with E-state index in [1.165, 1.54) is 12.1 Å². The number of hydrogen-bond acceptors (Lipinski definition) is 4. The highest BCUT2D eigenvalue weighted by atomic mass is 35.5. The van der Waals surface area contributed by atoms with Crippen molar-refractivity contribution in [1.29, 1.82) is 0 Å². The number of nitrogens with one attached hydrogen (secondary N) is 2. The summed E-state index contributed by atoms with van der Waals surface area (Å²) in [6.07, 6.45) is 0.851. The second-order valence-electron chi connectivity index (χ2n) is 6.58. The van der Waals surface area contributed by atoms with Crippen molar-refractivity contribution in [3.8, 4) is 0 Å². The maximum Gasteiger partial charge on any atom is 0.255 e. The Morgan fingerprint density at radius 2 is 1.83 bits per heavy atom. The largest absolute Gasteiger partial charge is 0.391 e. The minimum absolute atomic E-state index is 0.0809. The van der Waals surface area contributed by atoms with Crippen LogP contribution in [0.4, 0.5) is 14.5 Å². The maximum absolute atomic E-state index is 13.5. The highest BCUT2D eigenvalue weighted by molar-refractivity contribution is 7.89. The van der Waals surface area contributed by atoms with Crippen molar-refractivity contribution in [2.24, 2.45) is 0 Å². The molecule has 2 aromatic rings. The maximum atomic E-state index is 13.5. The van der Waals surface area contributed by atoms with Gasteiger partial charge in [-0.05, 0) is 43.5 Å². The Balaban J connectivity index is 1.85. The van der Waals surface area contributed by atoms with Crippen LogP contribution < -0.4 is 10.0 Å². The van der Waals surface area contributed by atoms with Crippen molar-refractivity contribution in [2.75, 3.05) is 5.32 Å². The zero-order chi connectivity index (χ0) is 21.3. The van der Waals surface area contributed by atoms with Crippen LogP contribution in [-0.4, -0.2) is 31.6 Å². The minimum Gasteiger partial charge on any atom is -0.391 e. The van der Waals surface area contributed by atoms with Crippen LogP contribution in [0.5, 0.6) is 0 Å². The zero-order valence-electron chi connectivity index (χ0n) is 14.8. The third kappa shape index (κ3) is 4.87. The van der Waals surface area contributed by atoms with Gasteiger partial charge in [0.1, 0.15) is 4.90 Å². The van der Waals surface area contributed by atoms with E-state index in [0.717, 1.165) is 18.2 Å². The second-order valence-corrected chi connectivity index (χ2v) is 9.08. The first-order valence-electron chi connectivity index (χ1n) is 8.54. The summed E-state index contributed by atoms with van der Waals surface area (Å²) in [7, 11) is -4.11. The fourth-order valence-corrected chi connectivity index (χ4v) is 5.06. The average molecular weight is 465 g/mol. The summed E-state index contributed by atoms with van der Waals surface area (Å²) in [6.45, 7) is 0. The lowest BCUT2D eigenvalue weighted by Gasteiger charge is -2.17. The van der Waals surface area contributed by atoms with E-state index in [4.69, 9.17) is 23.2 Å². The summed E-state index contributed by atoms with van der Waals surface area (Å²) in [5.74, 6) is -3.27. The lowest BCUT2D eigenvalue weighted by Crippen LogP contribution is -2.39. The first kappa shape index (κ1) is 21.9. The number of hydrogen-bond donors (Lipinski definition) is 3. The summed E-state index contributed by atoms with van der Waals surface area (Å²) >= 11 is 11.6. The number of carbonyl (C=O) groups excluding carboxylic acids is 1. The molecule has 0 radical (unpaired) electrons. The van der Waals surface area contributed by atoms with E-state index in [9.17, 15) is 27.1 Å². The number of halogens is 4. The quantitative estimate of drug-likeness (QED) is 0.587. The molecule has 2 aromatic carbocycles. The lowest BCUT2D eigenvalue weighted by atomic mass is 10.2. The van der Waals surface area contributed by atoms with Gasteiger partial charge < -0.3 is 10.4 Å². The van der Waals surface area contributed by atoms with Crippen LogP contribution in [0.3, 0.4) is 0 Å². The molecule has 0 aliphatic heterocycles. The molecule has 1 fully saturated rings. The predicted octanol–water partition coefficient (Wildman–Crippen LogP) is 3.72. The van der Waals surface area contributed by atoms with E-state index >= 15 is 0 Å². The molecular weight excluding hydrogens is 449 g/mol. The topological polar surface area (TPSA) is 95.5 Å². The molecule has 1 aliphatic rings. The molecule has 3 N–H and O–H groups in total. The fourth-order valence-electron chi connectivity index (χ4n) is 3.02. The van der Waals surface area contributed by atoms with Crippen molar-refractivity contribution >= 4 is 44.8 Å².